The molecule has 1 aromatic heterocycles. The normalized spacial score (nSPS) is 17.8. The first-order valence-corrected chi connectivity index (χ1v) is 8.18. The Hall–Kier alpha value is -2.30. The number of likely N-dealkylation sites (tertiary alicyclic amines) is 1. The summed E-state index contributed by atoms with van der Waals surface area (Å²) in [6.07, 6.45) is 3.32. The van der Waals surface area contributed by atoms with Crippen molar-refractivity contribution in [1.29, 1.82) is 5.26 Å². The molecule has 1 aromatic carbocycles. The molecule has 1 atom stereocenters. The van der Waals surface area contributed by atoms with Gasteiger partial charge in [0.05, 0.1) is 17.7 Å². The Balaban J connectivity index is 1.72. The number of carbonyl (C=O) groups excluding carboxylic acids is 1. The number of hydrogen-bond acceptors (Lipinski definition) is 5. The van der Waals surface area contributed by atoms with E-state index in [-0.39, 0.29) is 11.9 Å². The third-order valence-electron chi connectivity index (χ3n) is 3.89. The minimum absolute atomic E-state index is 0.0851. The molecular formula is C16H15FN4OS. The smallest absolute Gasteiger partial charge is 0.243 e. The molecule has 1 aliphatic heterocycles. The lowest BCUT2D eigenvalue weighted by molar-refractivity contribution is -0.120. The molecular weight excluding hydrogens is 315 g/mol. The van der Waals surface area contributed by atoms with Gasteiger partial charge in [0.15, 0.2) is 5.13 Å². The second-order valence-corrected chi connectivity index (χ2v) is 6.26. The monoisotopic (exact) mass is 330 g/mol. The summed E-state index contributed by atoms with van der Waals surface area (Å²) in [7, 11) is 0. The number of rotatable bonds is 4. The Morgan fingerprint density at radius 1 is 1.57 bits per heavy atom. The van der Waals surface area contributed by atoms with E-state index in [4.69, 9.17) is 5.26 Å². The van der Waals surface area contributed by atoms with Crippen LogP contribution in [0.1, 0.15) is 24.0 Å². The number of nitrogens with one attached hydrogen (secondary N) is 1. The number of anilines is 1. The summed E-state index contributed by atoms with van der Waals surface area (Å²) in [6.45, 7) is 1.23. The van der Waals surface area contributed by atoms with Crippen LogP contribution in [0.2, 0.25) is 0 Å². The first-order valence-electron chi connectivity index (χ1n) is 7.30. The molecule has 7 heteroatoms. The van der Waals surface area contributed by atoms with Crippen molar-refractivity contribution in [2.75, 3.05) is 11.9 Å². The number of nitriles is 1. The molecule has 1 amide bonds. The zero-order chi connectivity index (χ0) is 16.2. The first kappa shape index (κ1) is 15.6. The fourth-order valence-electron chi connectivity index (χ4n) is 2.80. The predicted molar refractivity (Wildman–Crippen MR) is 85.3 cm³/mol. The molecule has 0 saturated carbocycles. The summed E-state index contributed by atoms with van der Waals surface area (Å²) in [5.41, 5.74) is 1.05. The fraction of sp³-hybridized carbons (Fsp3) is 0.312. The molecule has 0 aliphatic carbocycles. The highest BCUT2D eigenvalue weighted by molar-refractivity contribution is 7.13. The van der Waals surface area contributed by atoms with Gasteiger partial charge in [0, 0.05) is 18.1 Å². The van der Waals surface area contributed by atoms with Crippen LogP contribution in [0.15, 0.2) is 29.8 Å². The number of carbonyl (C=O) groups is 1. The van der Waals surface area contributed by atoms with E-state index in [1.807, 2.05) is 11.0 Å². The highest BCUT2D eigenvalue weighted by Crippen LogP contribution is 2.23. The second-order valence-electron chi connectivity index (χ2n) is 5.37. The van der Waals surface area contributed by atoms with Crippen molar-refractivity contribution in [3.63, 3.8) is 0 Å². The molecule has 1 fully saturated rings. The Morgan fingerprint density at radius 2 is 2.43 bits per heavy atom. The van der Waals surface area contributed by atoms with Crippen LogP contribution < -0.4 is 5.32 Å². The minimum atomic E-state index is -0.426. The van der Waals surface area contributed by atoms with E-state index in [2.05, 4.69) is 10.3 Å². The fourth-order valence-corrected chi connectivity index (χ4v) is 3.33. The van der Waals surface area contributed by atoms with Crippen molar-refractivity contribution in [3.8, 4) is 6.07 Å². The summed E-state index contributed by atoms with van der Waals surface area (Å²) in [5, 5.41) is 14.4. The van der Waals surface area contributed by atoms with Crippen LogP contribution in [0.25, 0.3) is 0 Å². The summed E-state index contributed by atoms with van der Waals surface area (Å²) in [6, 6.07) is 5.95. The SMILES string of the molecule is N#Cc1cc(F)ccc1CN1CCC[C@H]1C(=O)Nc1nccs1. The van der Waals surface area contributed by atoms with E-state index in [1.54, 1.807) is 17.6 Å². The Bertz CT molecular complexity index is 741. The van der Waals surface area contributed by atoms with Crippen LogP contribution in [-0.2, 0) is 11.3 Å². The topological polar surface area (TPSA) is 69.0 Å². The number of amides is 1. The van der Waals surface area contributed by atoms with Gasteiger partial charge in [-0.3, -0.25) is 9.69 Å². The highest BCUT2D eigenvalue weighted by atomic mass is 32.1. The van der Waals surface area contributed by atoms with E-state index >= 15 is 0 Å². The van der Waals surface area contributed by atoms with Crippen molar-refractivity contribution in [1.82, 2.24) is 9.88 Å². The minimum Gasteiger partial charge on any atom is -0.301 e. The highest BCUT2D eigenvalue weighted by Gasteiger charge is 2.31. The van der Waals surface area contributed by atoms with E-state index in [0.29, 0.717) is 17.2 Å². The van der Waals surface area contributed by atoms with E-state index < -0.39 is 5.82 Å². The van der Waals surface area contributed by atoms with Crippen LogP contribution in [0.4, 0.5) is 9.52 Å². The zero-order valence-corrected chi connectivity index (χ0v) is 13.1. The quantitative estimate of drug-likeness (QED) is 0.936. The maximum absolute atomic E-state index is 13.2. The molecule has 2 heterocycles. The summed E-state index contributed by atoms with van der Waals surface area (Å²) in [4.78, 5) is 18.5. The van der Waals surface area contributed by atoms with Crippen LogP contribution in [-0.4, -0.2) is 28.4 Å². The maximum Gasteiger partial charge on any atom is 0.243 e. The van der Waals surface area contributed by atoms with Gasteiger partial charge in [-0.1, -0.05) is 6.07 Å². The lowest BCUT2D eigenvalue weighted by atomic mass is 10.1. The molecule has 1 N–H and O–H groups in total. The summed E-state index contributed by atoms with van der Waals surface area (Å²) in [5.74, 6) is -0.511. The molecule has 23 heavy (non-hydrogen) atoms. The first-order chi connectivity index (χ1) is 11.2. The Labute approximate surface area is 137 Å². The molecule has 3 rings (SSSR count). The van der Waals surface area contributed by atoms with Gasteiger partial charge in [-0.15, -0.1) is 11.3 Å². The van der Waals surface area contributed by atoms with Crippen molar-refractivity contribution in [2.45, 2.75) is 25.4 Å². The van der Waals surface area contributed by atoms with Gasteiger partial charge in [0.25, 0.3) is 0 Å². The number of halogens is 1. The Kier molecular flexibility index (Phi) is 4.65. The van der Waals surface area contributed by atoms with Crippen molar-refractivity contribution < 1.29 is 9.18 Å². The number of aromatic nitrogens is 1. The van der Waals surface area contributed by atoms with Gasteiger partial charge in [-0.2, -0.15) is 5.26 Å². The molecule has 0 radical (unpaired) electrons. The number of thiazole rings is 1. The van der Waals surface area contributed by atoms with Gasteiger partial charge in [-0.05, 0) is 37.1 Å². The summed E-state index contributed by atoms with van der Waals surface area (Å²) < 4.78 is 13.2. The van der Waals surface area contributed by atoms with Gasteiger partial charge < -0.3 is 5.32 Å². The lowest BCUT2D eigenvalue weighted by Gasteiger charge is -2.23. The zero-order valence-electron chi connectivity index (χ0n) is 12.3. The third-order valence-corrected chi connectivity index (χ3v) is 4.58. The third kappa shape index (κ3) is 3.55. The van der Waals surface area contributed by atoms with Gasteiger partial charge in [0.2, 0.25) is 5.91 Å². The van der Waals surface area contributed by atoms with Crippen LogP contribution >= 0.6 is 11.3 Å². The van der Waals surface area contributed by atoms with Crippen LogP contribution in [0.5, 0.6) is 0 Å². The molecule has 2 aromatic rings. The number of benzene rings is 1. The predicted octanol–water partition coefficient (Wildman–Crippen LogP) is 2.76. The van der Waals surface area contributed by atoms with Crippen LogP contribution in [0, 0.1) is 17.1 Å². The maximum atomic E-state index is 13.2. The van der Waals surface area contributed by atoms with Gasteiger partial charge >= 0.3 is 0 Å². The van der Waals surface area contributed by atoms with Crippen molar-refractivity contribution in [2.24, 2.45) is 0 Å². The average molecular weight is 330 g/mol. The lowest BCUT2D eigenvalue weighted by Crippen LogP contribution is -2.39. The van der Waals surface area contributed by atoms with E-state index in [1.165, 1.54) is 23.5 Å². The molecule has 1 aliphatic rings. The van der Waals surface area contributed by atoms with Gasteiger partial charge in [-0.25, -0.2) is 9.37 Å². The van der Waals surface area contributed by atoms with Crippen molar-refractivity contribution >= 4 is 22.4 Å². The molecule has 0 spiro atoms. The average Bonchev–Trinajstić information content (AvgIpc) is 3.20. The number of hydrogen-bond donors (Lipinski definition) is 1. The second kappa shape index (κ2) is 6.86. The Morgan fingerprint density at radius 3 is 3.17 bits per heavy atom. The molecule has 118 valence electrons. The standard InChI is InChI=1S/C16H15FN4OS/c17-13-4-3-11(12(8-13)9-18)10-21-6-1-2-14(21)15(22)20-16-19-5-7-23-16/h3-5,7-8,14H,1-2,6,10H2,(H,19,20,22)/t14-/m0/s1. The van der Waals surface area contributed by atoms with E-state index in [9.17, 15) is 9.18 Å². The molecule has 0 unspecified atom stereocenters. The molecule has 5 nitrogen and oxygen atoms in total. The van der Waals surface area contributed by atoms with E-state index in [0.717, 1.165) is 24.9 Å². The van der Waals surface area contributed by atoms with Crippen LogP contribution in [0.3, 0.4) is 0 Å². The summed E-state index contributed by atoms with van der Waals surface area (Å²) >= 11 is 1.38. The van der Waals surface area contributed by atoms with Gasteiger partial charge in [0.1, 0.15) is 5.82 Å². The largest absolute Gasteiger partial charge is 0.301 e. The van der Waals surface area contributed by atoms with Crippen molar-refractivity contribution in [3.05, 3.63) is 46.7 Å². The number of nitrogens with zero attached hydrogens (tertiary/aromatic N) is 3. The molecule has 0 bridgehead atoms. The molecule has 1 saturated heterocycles.